The molecule has 0 aliphatic carbocycles. The SMILES string of the molecule is COc1ccc(CCN2C[C@@H](C(=O)N(C)C3CCOCC3)CCC2=O)cc1. The van der Waals surface area contributed by atoms with Crippen LogP contribution in [0.3, 0.4) is 0 Å². The number of amides is 2. The van der Waals surface area contributed by atoms with Gasteiger partial charge in [-0.15, -0.1) is 0 Å². The number of rotatable bonds is 6. The van der Waals surface area contributed by atoms with Gasteiger partial charge in [-0.25, -0.2) is 0 Å². The highest BCUT2D eigenvalue weighted by atomic mass is 16.5. The molecular formula is C21H30N2O4. The zero-order valence-corrected chi connectivity index (χ0v) is 16.4. The topological polar surface area (TPSA) is 59.1 Å². The van der Waals surface area contributed by atoms with Gasteiger partial charge < -0.3 is 19.3 Å². The van der Waals surface area contributed by atoms with Crippen molar-refractivity contribution in [3.63, 3.8) is 0 Å². The smallest absolute Gasteiger partial charge is 0.227 e. The lowest BCUT2D eigenvalue weighted by Crippen LogP contribution is -2.49. The molecule has 2 fully saturated rings. The first kappa shape index (κ1) is 19.7. The molecule has 1 aromatic carbocycles. The number of carbonyl (C=O) groups is 2. The molecule has 2 aliphatic heterocycles. The van der Waals surface area contributed by atoms with Crippen molar-refractivity contribution in [2.24, 2.45) is 5.92 Å². The Bertz CT molecular complexity index is 640. The third-order valence-corrected chi connectivity index (χ3v) is 5.77. The van der Waals surface area contributed by atoms with Gasteiger partial charge in [-0.05, 0) is 43.4 Å². The molecule has 0 radical (unpaired) electrons. The molecule has 0 spiro atoms. The minimum Gasteiger partial charge on any atom is -0.497 e. The van der Waals surface area contributed by atoms with Crippen LogP contribution in [0, 0.1) is 5.92 Å². The number of hydrogen-bond donors (Lipinski definition) is 0. The van der Waals surface area contributed by atoms with Crippen molar-refractivity contribution in [3.05, 3.63) is 29.8 Å². The van der Waals surface area contributed by atoms with Gasteiger partial charge in [0.1, 0.15) is 5.75 Å². The second kappa shape index (κ2) is 9.22. The highest BCUT2D eigenvalue weighted by Crippen LogP contribution is 2.23. The molecule has 6 nitrogen and oxygen atoms in total. The monoisotopic (exact) mass is 374 g/mol. The van der Waals surface area contributed by atoms with Gasteiger partial charge in [-0.1, -0.05) is 12.1 Å². The third kappa shape index (κ3) is 5.01. The fourth-order valence-corrected chi connectivity index (χ4v) is 3.93. The average molecular weight is 374 g/mol. The first-order chi connectivity index (χ1) is 13.1. The van der Waals surface area contributed by atoms with E-state index in [9.17, 15) is 9.59 Å². The molecular weight excluding hydrogens is 344 g/mol. The first-order valence-electron chi connectivity index (χ1n) is 9.83. The van der Waals surface area contributed by atoms with Crippen LogP contribution in [0.2, 0.25) is 0 Å². The molecule has 1 atom stereocenters. The van der Waals surface area contributed by atoms with Crippen LogP contribution in [0.25, 0.3) is 0 Å². The Morgan fingerprint density at radius 2 is 1.93 bits per heavy atom. The van der Waals surface area contributed by atoms with Gasteiger partial charge in [0.25, 0.3) is 0 Å². The maximum absolute atomic E-state index is 12.9. The van der Waals surface area contributed by atoms with E-state index < -0.39 is 0 Å². The molecule has 6 heteroatoms. The Balaban J connectivity index is 1.54. The van der Waals surface area contributed by atoms with Crippen LogP contribution in [0.4, 0.5) is 0 Å². The summed E-state index contributed by atoms with van der Waals surface area (Å²) in [4.78, 5) is 29.0. The summed E-state index contributed by atoms with van der Waals surface area (Å²) in [7, 11) is 3.55. The Morgan fingerprint density at radius 3 is 2.59 bits per heavy atom. The van der Waals surface area contributed by atoms with Crippen molar-refractivity contribution in [3.8, 4) is 5.75 Å². The molecule has 1 aromatic rings. The Kier molecular flexibility index (Phi) is 6.72. The molecule has 2 amide bonds. The molecule has 148 valence electrons. The highest BCUT2D eigenvalue weighted by Gasteiger charge is 2.33. The number of hydrogen-bond acceptors (Lipinski definition) is 4. The Labute approximate surface area is 161 Å². The van der Waals surface area contributed by atoms with Crippen molar-refractivity contribution in [1.29, 1.82) is 0 Å². The summed E-state index contributed by atoms with van der Waals surface area (Å²) in [6.07, 6.45) is 3.70. The Hall–Kier alpha value is -2.08. The molecule has 0 bridgehead atoms. The molecule has 0 aromatic heterocycles. The summed E-state index contributed by atoms with van der Waals surface area (Å²) in [5.74, 6) is 1.06. The van der Waals surface area contributed by atoms with Gasteiger partial charge >= 0.3 is 0 Å². The van der Waals surface area contributed by atoms with E-state index in [0.717, 1.165) is 43.8 Å². The van der Waals surface area contributed by atoms with Crippen LogP contribution in [-0.2, 0) is 20.7 Å². The molecule has 0 N–H and O–H groups in total. The van der Waals surface area contributed by atoms with E-state index in [1.54, 1.807) is 7.11 Å². The van der Waals surface area contributed by atoms with Crippen molar-refractivity contribution < 1.29 is 19.1 Å². The number of carbonyl (C=O) groups excluding carboxylic acids is 2. The second-order valence-electron chi connectivity index (χ2n) is 7.47. The van der Waals surface area contributed by atoms with Gasteiger partial charge in [0.2, 0.25) is 11.8 Å². The van der Waals surface area contributed by atoms with Crippen LogP contribution in [0.1, 0.15) is 31.2 Å². The zero-order chi connectivity index (χ0) is 19.2. The van der Waals surface area contributed by atoms with Crippen molar-refractivity contribution in [2.75, 3.05) is 40.5 Å². The maximum Gasteiger partial charge on any atom is 0.227 e. The summed E-state index contributed by atoms with van der Waals surface area (Å²) < 4.78 is 10.6. The molecule has 0 saturated carbocycles. The quantitative estimate of drug-likeness (QED) is 0.765. The molecule has 2 saturated heterocycles. The lowest BCUT2D eigenvalue weighted by atomic mass is 9.94. The number of piperidine rings is 1. The molecule has 2 heterocycles. The van der Waals surface area contributed by atoms with Crippen molar-refractivity contribution >= 4 is 11.8 Å². The van der Waals surface area contributed by atoms with E-state index in [1.807, 2.05) is 41.1 Å². The summed E-state index contributed by atoms with van der Waals surface area (Å²) in [6, 6.07) is 8.17. The number of likely N-dealkylation sites (tertiary alicyclic amines) is 1. The van der Waals surface area contributed by atoms with Gasteiger partial charge in [-0.2, -0.15) is 0 Å². The minimum absolute atomic E-state index is 0.0913. The fraction of sp³-hybridized carbons (Fsp3) is 0.619. The zero-order valence-electron chi connectivity index (χ0n) is 16.4. The van der Waals surface area contributed by atoms with E-state index in [4.69, 9.17) is 9.47 Å². The summed E-state index contributed by atoms with van der Waals surface area (Å²) >= 11 is 0. The van der Waals surface area contributed by atoms with Crippen molar-refractivity contribution in [2.45, 2.75) is 38.1 Å². The number of nitrogens with zero attached hydrogens (tertiary/aromatic N) is 2. The average Bonchev–Trinajstić information content (AvgIpc) is 2.73. The van der Waals surface area contributed by atoms with Gasteiger partial charge in [0.05, 0.1) is 13.0 Å². The fourth-order valence-electron chi connectivity index (χ4n) is 3.93. The number of methoxy groups -OCH3 is 1. The first-order valence-corrected chi connectivity index (χ1v) is 9.83. The lowest BCUT2D eigenvalue weighted by Gasteiger charge is -2.37. The van der Waals surface area contributed by atoms with Crippen LogP contribution in [0.5, 0.6) is 5.75 Å². The standard InChI is InChI=1S/C21H30N2O4/c1-22(18-10-13-27-14-11-18)21(25)17-5-8-20(24)23(15-17)12-9-16-3-6-19(26-2)7-4-16/h3-4,6-7,17-18H,5,8-15H2,1-2H3/t17-/m0/s1. The van der Waals surface area contributed by atoms with E-state index in [-0.39, 0.29) is 23.8 Å². The molecule has 3 rings (SSSR count). The second-order valence-corrected chi connectivity index (χ2v) is 7.47. The van der Waals surface area contributed by atoms with E-state index in [2.05, 4.69) is 0 Å². The molecule has 2 aliphatic rings. The Morgan fingerprint density at radius 1 is 1.22 bits per heavy atom. The van der Waals surface area contributed by atoms with Gasteiger partial charge in [-0.3, -0.25) is 9.59 Å². The summed E-state index contributed by atoms with van der Waals surface area (Å²) in [6.45, 7) is 2.62. The van der Waals surface area contributed by atoms with Gasteiger partial charge in [0.15, 0.2) is 0 Å². The number of benzene rings is 1. The lowest BCUT2D eigenvalue weighted by molar-refractivity contribution is -0.144. The summed E-state index contributed by atoms with van der Waals surface area (Å²) in [5.41, 5.74) is 1.16. The minimum atomic E-state index is -0.0913. The van der Waals surface area contributed by atoms with Crippen LogP contribution in [0.15, 0.2) is 24.3 Å². The normalized spacial score (nSPS) is 21.2. The largest absolute Gasteiger partial charge is 0.497 e. The van der Waals surface area contributed by atoms with Crippen LogP contribution >= 0.6 is 0 Å². The third-order valence-electron chi connectivity index (χ3n) is 5.77. The molecule has 0 unspecified atom stereocenters. The van der Waals surface area contributed by atoms with Crippen LogP contribution < -0.4 is 4.74 Å². The van der Waals surface area contributed by atoms with E-state index in [0.29, 0.717) is 25.9 Å². The number of ether oxygens (including phenoxy) is 2. The predicted octanol–water partition coefficient (Wildman–Crippen LogP) is 2.11. The van der Waals surface area contributed by atoms with Crippen LogP contribution in [-0.4, -0.2) is 68.1 Å². The summed E-state index contributed by atoms with van der Waals surface area (Å²) in [5, 5.41) is 0. The van der Waals surface area contributed by atoms with Crippen molar-refractivity contribution in [1.82, 2.24) is 9.80 Å². The predicted molar refractivity (Wildman–Crippen MR) is 103 cm³/mol. The molecule has 27 heavy (non-hydrogen) atoms. The van der Waals surface area contributed by atoms with Gasteiger partial charge in [0, 0.05) is 45.8 Å². The van der Waals surface area contributed by atoms with E-state index >= 15 is 0 Å². The maximum atomic E-state index is 12.9. The highest BCUT2D eigenvalue weighted by molar-refractivity contribution is 5.84. The van der Waals surface area contributed by atoms with E-state index in [1.165, 1.54) is 0 Å².